The molecule has 2 N–H and O–H groups in total. The van der Waals surface area contributed by atoms with Crippen LogP contribution in [0.25, 0.3) is 0 Å². The highest BCUT2D eigenvalue weighted by Crippen LogP contribution is 2.18. The average molecular weight is 217 g/mol. The molecule has 16 heavy (non-hydrogen) atoms. The molecular weight excluding hydrogens is 202 g/mol. The first-order valence-electron chi connectivity index (χ1n) is 5.50. The summed E-state index contributed by atoms with van der Waals surface area (Å²) < 4.78 is 0. The third kappa shape index (κ3) is 2.72. The van der Waals surface area contributed by atoms with Crippen molar-refractivity contribution in [3.8, 4) is 0 Å². The monoisotopic (exact) mass is 217 g/mol. The third-order valence-electron chi connectivity index (χ3n) is 2.87. The molecule has 1 saturated heterocycles. The van der Waals surface area contributed by atoms with Gasteiger partial charge in [-0.25, -0.2) is 4.79 Å². The molecule has 2 aliphatic rings. The molecule has 0 saturated carbocycles. The number of carboxylic acid groups (broad SMARTS) is 1. The predicted molar refractivity (Wildman–Crippen MR) is 62.0 cm³/mol. The van der Waals surface area contributed by atoms with Crippen LogP contribution in [0.1, 0.15) is 12.8 Å². The summed E-state index contributed by atoms with van der Waals surface area (Å²) in [6, 6.07) is 0. The van der Waals surface area contributed by atoms with Gasteiger partial charge in [0.25, 0.3) is 0 Å². The van der Waals surface area contributed by atoms with Crippen molar-refractivity contribution in [2.45, 2.75) is 12.8 Å². The van der Waals surface area contributed by atoms with Crippen molar-refractivity contribution in [2.75, 3.05) is 13.1 Å². The van der Waals surface area contributed by atoms with Crippen molar-refractivity contribution in [1.29, 1.82) is 0 Å². The Labute approximate surface area is 94.9 Å². The van der Waals surface area contributed by atoms with Gasteiger partial charge in [-0.05, 0) is 43.2 Å². The molecule has 0 amide bonds. The van der Waals surface area contributed by atoms with E-state index in [-0.39, 0.29) is 0 Å². The van der Waals surface area contributed by atoms with E-state index in [2.05, 4.69) is 11.0 Å². The molecule has 1 aliphatic heterocycles. The molecule has 0 bridgehead atoms. The Hall–Kier alpha value is -1.57. The van der Waals surface area contributed by atoms with Gasteiger partial charge < -0.3 is 10.4 Å². The van der Waals surface area contributed by atoms with Crippen LogP contribution in [0.15, 0.2) is 41.2 Å². The van der Waals surface area contributed by atoms with Gasteiger partial charge in [0.2, 0.25) is 0 Å². The number of nitrogens with one attached hydrogen (secondary N) is 1. The molecule has 0 aromatic carbocycles. The third-order valence-corrected chi connectivity index (χ3v) is 2.87. The van der Waals surface area contributed by atoms with Gasteiger partial charge in [-0.3, -0.25) is 0 Å². The second-order valence-corrected chi connectivity index (χ2v) is 4.19. The molecule has 0 atom stereocenters. The van der Waals surface area contributed by atoms with E-state index in [4.69, 9.17) is 5.11 Å². The van der Waals surface area contributed by atoms with Crippen molar-refractivity contribution in [3.63, 3.8) is 0 Å². The molecule has 3 heteroatoms. The summed E-state index contributed by atoms with van der Waals surface area (Å²) in [5.41, 5.74) is 4.61. The normalized spacial score (nSPS) is 27.0. The lowest BCUT2D eigenvalue weighted by atomic mass is 9.93. The summed E-state index contributed by atoms with van der Waals surface area (Å²) in [6.07, 6.45) is 8.77. The standard InChI is InChI=1S/C13H15NO2/c15-13(16)12-4-2-1-3-10(5-6-12)7-11-8-14-9-11/h2-3,5-6,11,14H,4,7-9H2,(H,15,16)/b10-5+,12-6+. The van der Waals surface area contributed by atoms with Crippen molar-refractivity contribution < 1.29 is 9.90 Å². The second-order valence-electron chi connectivity index (χ2n) is 4.19. The zero-order valence-electron chi connectivity index (χ0n) is 9.07. The smallest absolute Gasteiger partial charge is 0.331 e. The number of aliphatic carboxylic acids is 1. The zero-order chi connectivity index (χ0) is 11.4. The number of hydrogen-bond acceptors (Lipinski definition) is 2. The highest BCUT2D eigenvalue weighted by atomic mass is 16.4. The van der Waals surface area contributed by atoms with Crippen LogP contribution in [-0.2, 0) is 4.79 Å². The number of carbonyl (C=O) groups is 1. The van der Waals surface area contributed by atoms with Gasteiger partial charge in [0, 0.05) is 12.0 Å². The lowest BCUT2D eigenvalue weighted by Gasteiger charge is -2.27. The molecule has 0 unspecified atom stereocenters. The van der Waals surface area contributed by atoms with Gasteiger partial charge in [0.1, 0.15) is 0 Å². The maximum atomic E-state index is 10.9. The first-order chi connectivity index (χ1) is 7.75. The lowest BCUT2D eigenvalue weighted by Crippen LogP contribution is -2.41. The van der Waals surface area contributed by atoms with Crippen LogP contribution < -0.4 is 5.32 Å². The largest absolute Gasteiger partial charge is 0.478 e. The van der Waals surface area contributed by atoms with Gasteiger partial charge in [-0.15, -0.1) is 5.73 Å². The van der Waals surface area contributed by atoms with E-state index in [1.165, 1.54) is 0 Å². The van der Waals surface area contributed by atoms with Crippen molar-refractivity contribution >= 4 is 5.97 Å². The summed E-state index contributed by atoms with van der Waals surface area (Å²) in [7, 11) is 0. The number of carboxylic acids is 1. The zero-order valence-corrected chi connectivity index (χ0v) is 9.07. The first-order valence-corrected chi connectivity index (χ1v) is 5.50. The molecule has 2 rings (SSSR count). The van der Waals surface area contributed by atoms with Crippen LogP contribution in [0.5, 0.6) is 0 Å². The fourth-order valence-corrected chi connectivity index (χ4v) is 1.77. The van der Waals surface area contributed by atoms with Gasteiger partial charge in [-0.1, -0.05) is 12.2 Å². The maximum absolute atomic E-state index is 10.9. The van der Waals surface area contributed by atoms with Crippen molar-refractivity contribution in [1.82, 2.24) is 5.32 Å². The van der Waals surface area contributed by atoms with Crippen LogP contribution in [0.2, 0.25) is 0 Å². The van der Waals surface area contributed by atoms with E-state index < -0.39 is 5.97 Å². The minimum absolute atomic E-state index is 0.421. The molecule has 0 aromatic rings. The van der Waals surface area contributed by atoms with E-state index >= 15 is 0 Å². The number of allylic oxidation sites excluding steroid dienone is 4. The van der Waals surface area contributed by atoms with Crippen LogP contribution >= 0.6 is 0 Å². The van der Waals surface area contributed by atoms with E-state index in [1.807, 2.05) is 12.2 Å². The van der Waals surface area contributed by atoms with Gasteiger partial charge in [0.15, 0.2) is 0 Å². The Morgan fingerprint density at radius 2 is 2.31 bits per heavy atom. The molecule has 3 nitrogen and oxygen atoms in total. The molecule has 1 aliphatic carbocycles. The fraction of sp³-hybridized carbons (Fsp3) is 0.385. The topological polar surface area (TPSA) is 49.3 Å². The Kier molecular flexibility index (Phi) is 3.40. The van der Waals surface area contributed by atoms with Crippen molar-refractivity contribution in [3.05, 3.63) is 41.2 Å². The summed E-state index contributed by atoms with van der Waals surface area (Å²) >= 11 is 0. The molecule has 84 valence electrons. The van der Waals surface area contributed by atoms with Crippen LogP contribution in [-0.4, -0.2) is 24.2 Å². The molecule has 0 radical (unpaired) electrons. The second kappa shape index (κ2) is 4.97. The molecule has 1 heterocycles. The maximum Gasteiger partial charge on any atom is 0.331 e. The Morgan fingerprint density at radius 1 is 1.50 bits per heavy atom. The lowest BCUT2D eigenvalue weighted by molar-refractivity contribution is -0.132. The molecule has 0 spiro atoms. The van der Waals surface area contributed by atoms with E-state index in [1.54, 1.807) is 12.2 Å². The van der Waals surface area contributed by atoms with Gasteiger partial charge in [-0.2, -0.15) is 0 Å². The molecule has 0 aromatic heterocycles. The van der Waals surface area contributed by atoms with Crippen LogP contribution in [0.4, 0.5) is 0 Å². The summed E-state index contributed by atoms with van der Waals surface area (Å²) in [5, 5.41) is 12.1. The van der Waals surface area contributed by atoms with Gasteiger partial charge in [0.05, 0.1) is 0 Å². The fourth-order valence-electron chi connectivity index (χ4n) is 1.77. The first kappa shape index (κ1) is 10.9. The van der Waals surface area contributed by atoms with E-state index in [9.17, 15) is 4.79 Å². The Balaban J connectivity index is 2.10. The average Bonchev–Trinajstić information content (AvgIpc) is 2.13. The molecule has 1 fully saturated rings. The minimum Gasteiger partial charge on any atom is -0.478 e. The summed E-state index contributed by atoms with van der Waals surface area (Å²) in [5.74, 6) is -0.161. The quantitative estimate of drug-likeness (QED) is 0.707. The highest BCUT2D eigenvalue weighted by molar-refractivity contribution is 5.87. The van der Waals surface area contributed by atoms with Crippen molar-refractivity contribution in [2.24, 2.45) is 5.92 Å². The Morgan fingerprint density at radius 3 is 2.94 bits per heavy atom. The van der Waals surface area contributed by atoms with E-state index in [0.29, 0.717) is 17.9 Å². The predicted octanol–water partition coefficient (Wildman–Crippen LogP) is 1.65. The minimum atomic E-state index is -0.846. The van der Waals surface area contributed by atoms with Crippen LogP contribution in [0, 0.1) is 5.92 Å². The summed E-state index contributed by atoms with van der Waals surface area (Å²) in [6.45, 7) is 2.12. The number of rotatable bonds is 3. The SMILES string of the molecule is O=C(O)/C1=C/C=C(/CC2CNC2)C=C=CC1. The summed E-state index contributed by atoms with van der Waals surface area (Å²) in [4.78, 5) is 10.9. The van der Waals surface area contributed by atoms with Gasteiger partial charge >= 0.3 is 5.97 Å². The van der Waals surface area contributed by atoms with E-state index in [0.717, 1.165) is 25.1 Å². The Bertz CT molecular complexity index is 408. The van der Waals surface area contributed by atoms with Crippen LogP contribution in [0.3, 0.4) is 0 Å². The highest BCUT2D eigenvalue weighted by Gasteiger charge is 2.17. The molecular formula is C13H15NO2. The number of hydrogen-bond donors (Lipinski definition) is 2.